The molecule has 1 N–H and O–H groups in total. The monoisotopic (exact) mass is 208 g/mol. The highest BCUT2D eigenvalue weighted by Crippen LogP contribution is 2.19. The Morgan fingerprint density at radius 2 is 2.40 bits per heavy atom. The van der Waals surface area contributed by atoms with Crippen LogP contribution in [-0.4, -0.2) is 29.4 Å². The summed E-state index contributed by atoms with van der Waals surface area (Å²) in [5.41, 5.74) is -0.0132. The van der Waals surface area contributed by atoms with E-state index in [9.17, 15) is 4.79 Å². The summed E-state index contributed by atoms with van der Waals surface area (Å²) in [6.45, 7) is 6.05. The smallest absolute Gasteiger partial charge is 0.234 e. The number of rotatable bonds is 2. The van der Waals surface area contributed by atoms with E-state index in [1.54, 1.807) is 6.26 Å². The molecule has 0 saturated carbocycles. The normalized spacial score (nSPS) is 21.3. The van der Waals surface area contributed by atoms with Crippen molar-refractivity contribution in [3.8, 4) is 0 Å². The van der Waals surface area contributed by atoms with E-state index in [-0.39, 0.29) is 11.4 Å². The van der Waals surface area contributed by atoms with Crippen LogP contribution in [0.15, 0.2) is 22.8 Å². The summed E-state index contributed by atoms with van der Waals surface area (Å²) in [7, 11) is 0. The highest BCUT2D eigenvalue weighted by atomic mass is 16.3. The molecule has 1 aromatic rings. The van der Waals surface area contributed by atoms with Gasteiger partial charge in [-0.1, -0.05) is 0 Å². The van der Waals surface area contributed by atoms with Crippen molar-refractivity contribution in [1.82, 2.24) is 10.2 Å². The van der Waals surface area contributed by atoms with Crippen molar-refractivity contribution in [2.75, 3.05) is 13.1 Å². The Hall–Kier alpha value is -1.29. The van der Waals surface area contributed by atoms with Crippen molar-refractivity contribution in [3.05, 3.63) is 24.2 Å². The summed E-state index contributed by atoms with van der Waals surface area (Å²) >= 11 is 0. The van der Waals surface area contributed by atoms with Gasteiger partial charge in [-0.15, -0.1) is 0 Å². The highest BCUT2D eigenvalue weighted by Gasteiger charge is 2.33. The molecule has 0 unspecified atom stereocenters. The van der Waals surface area contributed by atoms with E-state index in [4.69, 9.17) is 4.42 Å². The van der Waals surface area contributed by atoms with E-state index >= 15 is 0 Å². The number of furan rings is 1. The maximum Gasteiger partial charge on any atom is 0.234 e. The fraction of sp³-hybridized carbons (Fsp3) is 0.545. The van der Waals surface area contributed by atoms with Crippen LogP contribution in [0.4, 0.5) is 0 Å². The zero-order valence-electron chi connectivity index (χ0n) is 9.12. The van der Waals surface area contributed by atoms with Crippen molar-refractivity contribution >= 4 is 5.91 Å². The van der Waals surface area contributed by atoms with Crippen LogP contribution in [0.3, 0.4) is 0 Å². The van der Waals surface area contributed by atoms with Gasteiger partial charge in [0.25, 0.3) is 0 Å². The molecule has 1 aliphatic rings. The van der Waals surface area contributed by atoms with Crippen LogP contribution >= 0.6 is 0 Å². The van der Waals surface area contributed by atoms with Gasteiger partial charge in [-0.3, -0.25) is 9.69 Å². The van der Waals surface area contributed by atoms with E-state index in [1.165, 1.54) is 0 Å². The van der Waals surface area contributed by atoms with E-state index in [1.807, 2.05) is 12.1 Å². The number of hydrogen-bond acceptors (Lipinski definition) is 3. The fourth-order valence-corrected chi connectivity index (χ4v) is 1.73. The fourth-order valence-electron chi connectivity index (χ4n) is 1.73. The molecule has 1 aromatic heterocycles. The molecule has 2 rings (SSSR count). The van der Waals surface area contributed by atoms with Crippen molar-refractivity contribution in [3.63, 3.8) is 0 Å². The SMILES string of the molecule is CC1(C)CNC(=O)CN1Cc1ccco1. The van der Waals surface area contributed by atoms with E-state index < -0.39 is 0 Å². The lowest BCUT2D eigenvalue weighted by atomic mass is 10.00. The number of nitrogens with zero attached hydrogens (tertiary/aromatic N) is 1. The number of hydrogen-bond donors (Lipinski definition) is 1. The molecule has 4 nitrogen and oxygen atoms in total. The lowest BCUT2D eigenvalue weighted by Gasteiger charge is -2.41. The molecule has 2 heterocycles. The molecule has 1 saturated heterocycles. The number of carbonyl (C=O) groups excluding carboxylic acids is 1. The summed E-state index contributed by atoms with van der Waals surface area (Å²) in [6, 6.07) is 3.80. The van der Waals surface area contributed by atoms with Crippen LogP contribution in [0.1, 0.15) is 19.6 Å². The van der Waals surface area contributed by atoms with Gasteiger partial charge in [-0.25, -0.2) is 0 Å². The Bertz CT molecular complexity index is 343. The predicted molar refractivity (Wildman–Crippen MR) is 56.2 cm³/mol. The second-order valence-corrected chi connectivity index (χ2v) is 4.52. The number of carbonyl (C=O) groups is 1. The predicted octanol–water partition coefficient (Wildman–Crippen LogP) is 0.990. The molecule has 1 aliphatic heterocycles. The van der Waals surface area contributed by atoms with Crippen LogP contribution in [0, 0.1) is 0 Å². The van der Waals surface area contributed by atoms with Gasteiger partial charge in [0.15, 0.2) is 0 Å². The Balaban J connectivity index is 2.08. The van der Waals surface area contributed by atoms with Crippen LogP contribution < -0.4 is 5.32 Å². The van der Waals surface area contributed by atoms with Gasteiger partial charge in [0.05, 0.1) is 19.4 Å². The second-order valence-electron chi connectivity index (χ2n) is 4.52. The standard InChI is InChI=1S/C11H16N2O2/c1-11(2)8-12-10(14)7-13(11)6-9-4-3-5-15-9/h3-5H,6-8H2,1-2H3,(H,12,14). The highest BCUT2D eigenvalue weighted by molar-refractivity contribution is 5.79. The maximum atomic E-state index is 11.3. The third kappa shape index (κ3) is 2.21. The number of nitrogens with one attached hydrogen (secondary N) is 1. The van der Waals surface area contributed by atoms with E-state index in [2.05, 4.69) is 24.1 Å². The lowest BCUT2D eigenvalue weighted by Crippen LogP contribution is -2.59. The van der Waals surface area contributed by atoms with Crippen LogP contribution in [0.2, 0.25) is 0 Å². The molecule has 0 aromatic carbocycles. The minimum Gasteiger partial charge on any atom is -0.468 e. The van der Waals surface area contributed by atoms with Crippen LogP contribution in [-0.2, 0) is 11.3 Å². The largest absolute Gasteiger partial charge is 0.468 e. The summed E-state index contributed by atoms with van der Waals surface area (Å²) in [6.07, 6.45) is 1.66. The minimum absolute atomic E-state index is 0.0132. The van der Waals surface area contributed by atoms with Gasteiger partial charge in [0.1, 0.15) is 5.76 Å². The van der Waals surface area contributed by atoms with Gasteiger partial charge in [0, 0.05) is 12.1 Å². The van der Waals surface area contributed by atoms with E-state index in [0.29, 0.717) is 19.6 Å². The average molecular weight is 208 g/mol. The van der Waals surface area contributed by atoms with E-state index in [0.717, 1.165) is 5.76 Å². The molecular formula is C11H16N2O2. The van der Waals surface area contributed by atoms with Gasteiger partial charge in [-0.05, 0) is 26.0 Å². The average Bonchev–Trinajstić information content (AvgIpc) is 2.65. The Morgan fingerprint density at radius 3 is 3.07 bits per heavy atom. The third-order valence-electron chi connectivity index (χ3n) is 2.84. The molecular weight excluding hydrogens is 192 g/mol. The van der Waals surface area contributed by atoms with Gasteiger partial charge in [0.2, 0.25) is 5.91 Å². The Kier molecular flexibility index (Phi) is 2.52. The molecule has 0 spiro atoms. The molecule has 0 aliphatic carbocycles. The van der Waals surface area contributed by atoms with Crippen molar-refractivity contribution < 1.29 is 9.21 Å². The van der Waals surface area contributed by atoms with Crippen molar-refractivity contribution in [1.29, 1.82) is 0 Å². The number of amides is 1. The first-order valence-electron chi connectivity index (χ1n) is 5.12. The molecule has 1 amide bonds. The first-order chi connectivity index (χ1) is 7.08. The first-order valence-corrected chi connectivity index (χ1v) is 5.12. The molecule has 1 fully saturated rings. The molecule has 15 heavy (non-hydrogen) atoms. The molecule has 0 atom stereocenters. The first kappa shape index (κ1) is 10.2. The van der Waals surface area contributed by atoms with Gasteiger partial charge >= 0.3 is 0 Å². The Morgan fingerprint density at radius 1 is 1.60 bits per heavy atom. The van der Waals surface area contributed by atoms with Crippen LogP contribution in [0.5, 0.6) is 0 Å². The van der Waals surface area contributed by atoms with Gasteiger partial charge in [-0.2, -0.15) is 0 Å². The van der Waals surface area contributed by atoms with Gasteiger partial charge < -0.3 is 9.73 Å². The summed E-state index contributed by atoms with van der Waals surface area (Å²) in [5, 5.41) is 2.87. The molecule has 0 radical (unpaired) electrons. The van der Waals surface area contributed by atoms with Crippen molar-refractivity contribution in [2.45, 2.75) is 25.9 Å². The maximum absolute atomic E-state index is 11.3. The topological polar surface area (TPSA) is 45.5 Å². The summed E-state index contributed by atoms with van der Waals surface area (Å²) in [5.74, 6) is 0.985. The zero-order chi connectivity index (χ0) is 10.9. The lowest BCUT2D eigenvalue weighted by molar-refractivity contribution is -0.128. The van der Waals surface area contributed by atoms with Crippen molar-refractivity contribution in [2.24, 2.45) is 0 Å². The Labute approximate surface area is 89.2 Å². The second kappa shape index (κ2) is 3.70. The minimum atomic E-state index is -0.0132. The summed E-state index contributed by atoms with van der Waals surface area (Å²) < 4.78 is 5.29. The zero-order valence-corrected chi connectivity index (χ0v) is 9.12. The van der Waals surface area contributed by atoms with Crippen LogP contribution in [0.25, 0.3) is 0 Å². The quantitative estimate of drug-likeness (QED) is 0.788. The number of piperazine rings is 1. The molecule has 4 heteroatoms. The third-order valence-corrected chi connectivity index (χ3v) is 2.84. The summed E-state index contributed by atoms with van der Waals surface area (Å²) in [4.78, 5) is 13.4. The molecule has 0 bridgehead atoms. The molecule has 82 valence electrons.